The normalized spacial score (nSPS) is 10.4. The Hall–Kier alpha value is -2.67. The van der Waals surface area contributed by atoms with E-state index in [9.17, 15) is 10.1 Å². The van der Waals surface area contributed by atoms with Crippen LogP contribution in [0.15, 0.2) is 59.5 Å². The van der Waals surface area contributed by atoms with Crippen LogP contribution in [-0.4, -0.2) is 19.9 Å². The minimum atomic E-state index is -0.429. The molecule has 0 unspecified atom stereocenters. The molecule has 0 aliphatic carbocycles. The molecule has 0 fully saturated rings. The summed E-state index contributed by atoms with van der Waals surface area (Å²) in [6, 6.07) is 10.2. The molecule has 0 bridgehead atoms. The standard InChI is InChI=1S/C15H9BrN4O2/c16-10-8-11(15-18-6-3-7-19-15)14(13(9-10)20(21)22)12-4-1-2-5-17-12/h1-9H. The van der Waals surface area contributed by atoms with Gasteiger partial charge in [-0.15, -0.1) is 0 Å². The molecule has 0 saturated heterocycles. The molecule has 0 amide bonds. The van der Waals surface area contributed by atoms with Crippen LogP contribution >= 0.6 is 15.9 Å². The second-order valence-electron chi connectivity index (χ2n) is 4.39. The summed E-state index contributed by atoms with van der Waals surface area (Å²) in [4.78, 5) is 23.6. The van der Waals surface area contributed by atoms with Crippen LogP contribution in [0.2, 0.25) is 0 Å². The zero-order chi connectivity index (χ0) is 15.5. The van der Waals surface area contributed by atoms with E-state index in [0.29, 0.717) is 27.1 Å². The number of nitrogens with zero attached hydrogens (tertiary/aromatic N) is 4. The smallest absolute Gasteiger partial charge is 0.258 e. The molecule has 22 heavy (non-hydrogen) atoms. The number of pyridine rings is 1. The highest BCUT2D eigenvalue weighted by molar-refractivity contribution is 9.10. The highest BCUT2D eigenvalue weighted by Crippen LogP contribution is 2.39. The molecule has 3 aromatic rings. The zero-order valence-corrected chi connectivity index (χ0v) is 12.8. The lowest BCUT2D eigenvalue weighted by atomic mass is 10.0. The zero-order valence-electron chi connectivity index (χ0n) is 11.2. The van der Waals surface area contributed by atoms with Crippen LogP contribution in [-0.2, 0) is 0 Å². The van der Waals surface area contributed by atoms with Crippen LogP contribution < -0.4 is 0 Å². The third-order valence-electron chi connectivity index (χ3n) is 3.01. The molecule has 1 aromatic carbocycles. The van der Waals surface area contributed by atoms with Gasteiger partial charge in [0.2, 0.25) is 0 Å². The summed E-state index contributed by atoms with van der Waals surface area (Å²) in [6.45, 7) is 0. The molecule has 0 aliphatic heterocycles. The Morgan fingerprint density at radius 2 is 1.73 bits per heavy atom. The lowest BCUT2D eigenvalue weighted by molar-refractivity contribution is -0.384. The summed E-state index contributed by atoms with van der Waals surface area (Å²) in [6.07, 6.45) is 4.78. The molecule has 0 spiro atoms. The fourth-order valence-electron chi connectivity index (χ4n) is 2.13. The maximum atomic E-state index is 11.4. The molecule has 6 nitrogen and oxygen atoms in total. The number of hydrogen-bond acceptors (Lipinski definition) is 5. The van der Waals surface area contributed by atoms with Gasteiger partial charge in [0, 0.05) is 34.7 Å². The second-order valence-corrected chi connectivity index (χ2v) is 5.31. The quantitative estimate of drug-likeness (QED) is 0.525. The van der Waals surface area contributed by atoms with E-state index in [1.54, 1.807) is 48.9 Å². The number of rotatable bonds is 3. The van der Waals surface area contributed by atoms with E-state index in [1.165, 1.54) is 6.07 Å². The predicted molar refractivity (Wildman–Crippen MR) is 85.1 cm³/mol. The number of nitro groups is 1. The van der Waals surface area contributed by atoms with Gasteiger partial charge in [-0.2, -0.15) is 0 Å². The van der Waals surface area contributed by atoms with Crippen molar-refractivity contribution in [3.05, 3.63) is 69.6 Å². The number of benzene rings is 1. The Bertz CT molecular complexity index is 826. The van der Waals surface area contributed by atoms with Crippen LogP contribution in [0.25, 0.3) is 22.6 Å². The molecule has 0 aliphatic rings. The first-order valence-corrected chi connectivity index (χ1v) is 7.13. The summed E-state index contributed by atoms with van der Waals surface area (Å²) < 4.78 is 0.585. The Kier molecular flexibility index (Phi) is 3.88. The summed E-state index contributed by atoms with van der Waals surface area (Å²) >= 11 is 3.30. The van der Waals surface area contributed by atoms with E-state index in [1.807, 2.05) is 0 Å². The molecule has 7 heteroatoms. The minimum Gasteiger partial charge on any atom is -0.258 e. The van der Waals surface area contributed by atoms with E-state index in [-0.39, 0.29) is 5.69 Å². The fourth-order valence-corrected chi connectivity index (χ4v) is 2.58. The second kappa shape index (κ2) is 5.98. The third-order valence-corrected chi connectivity index (χ3v) is 3.46. The average Bonchev–Trinajstić information content (AvgIpc) is 2.55. The van der Waals surface area contributed by atoms with Crippen LogP contribution in [0.4, 0.5) is 5.69 Å². The number of nitro benzene ring substituents is 1. The van der Waals surface area contributed by atoms with Crippen molar-refractivity contribution in [3.63, 3.8) is 0 Å². The van der Waals surface area contributed by atoms with Gasteiger partial charge in [-0.25, -0.2) is 9.97 Å². The average molecular weight is 357 g/mol. The van der Waals surface area contributed by atoms with Gasteiger partial charge in [-0.3, -0.25) is 15.1 Å². The first-order chi connectivity index (χ1) is 10.7. The maximum absolute atomic E-state index is 11.4. The number of aromatic nitrogens is 3. The molecule has 2 aromatic heterocycles. The summed E-state index contributed by atoms with van der Waals surface area (Å²) in [5, 5.41) is 11.4. The monoisotopic (exact) mass is 356 g/mol. The largest absolute Gasteiger partial charge is 0.280 e. The maximum Gasteiger partial charge on any atom is 0.280 e. The SMILES string of the molecule is O=[N+]([O-])c1cc(Br)cc(-c2ncccn2)c1-c1ccccn1. The van der Waals surface area contributed by atoms with Crippen LogP contribution in [0.5, 0.6) is 0 Å². The molecule has 0 saturated carbocycles. The Morgan fingerprint density at radius 1 is 1.00 bits per heavy atom. The molecular formula is C15H9BrN4O2. The number of hydrogen-bond donors (Lipinski definition) is 0. The van der Waals surface area contributed by atoms with Crippen molar-refractivity contribution in [1.29, 1.82) is 0 Å². The van der Waals surface area contributed by atoms with Gasteiger partial charge in [0.15, 0.2) is 5.82 Å². The Balaban J connectivity index is 2.36. The minimum absolute atomic E-state index is 0.0458. The Labute approximate surface area is 134 Å². The lowest BCUT2D eigenvalue weighted by Gasteiger charge is -2.09. The highest BCUT2D eigenvalue weighted by atomic mass is 79.9. The molecule has 0 N–H and O–H groups in total. The van der Waals surface area contributed by atoms with Crippen LogP contribution in [0.3, 0.4) is 0 Å². The molecule has 3 rings (SSSR count). The van der Waals surface area contributed by atoms with Gasteiger partial charge < -0.3 is 0 Å². The summed E-state index contributed by atoms with van der Waals surface area (Å²) in [7, 11) is 0. The fraction of sp³-hybridized carbons (Fsp3) is 0. The molecular weight excluding hydrogens is 348 g/mol. The topological polar surface area (TPSA) is 81.8 Å². The summed E-state index contributed by atoms with van der Waals surface area (Å²) in [5.74, 6) is 0.410. The van der Waals surface area contributed by atoms with E-state index in [2.05, 4.69) is 30.9 Å². The van der Waals surface area contributed by atoms with Gasteiger partial charge in [0.25, 0.3) is 5.69 Å². The summed E-state index contributed by atoms with van der Waals surface area (Å²) in [5.41, 5.74) is 1.42. The van der Waals surface area contributed by atoms with Crippen molar-refractivity contribution in [2.45, 2.75) is 0 Å². The van der Waals surface area contributed by atoms with Crippen LogP contribution in [0, 0.1) is 10.1 Å². The van der Waals surface area contributed by atoms with Gasteiger partial charge >= 0.3 is 0 Å². The van der Waals surface area contributed by atoms with Gasteiger partial charge in [-0.1, -0.05) is 22.0 Å². The van der Waals surface area contributed by atoms with Crippen molar-refractivity contribution >= 4 is 21.6 Å². The van der Waals surface area contributed by atoms with E-state index < -0.39 is 4.92 Å². The lowest BCUT2D eigenvalue weighted by Crippen LogP contribution is -1.98. The number of halogens is 1. The molecule has 108 valence electrons. The van der Waals surface area contributed by atoms with Gasteiger partial charge in [-0.05, 0) is 24.3 Å². The van der Waals surface area contributed by atoms with Crippen molar-refractivity contribution in [2.75, 3.05) is 0 Å². The Morgan fingerprint density at radius 3 is 2.36 bits per heavy atom. The van der Waals surface area contributed by atoms with E-state index >= 15 is 0 Å². The highest BCUT2D eigenvalue weighted by Gasteiger charge is 2.23. The van der Waals surface area contributed by atoms with Gasteiger partial charge in [0.1, 0.15) is 0 Å². The van der Waals surface area contributed by atoms with Crippen molar-refractivity contribution in [3.8, 4) is 22.6 Å². The van der Waals surface area contributed by atoms with Crippen molar-refractivity contribution in [1.82, 2.24) is 15.0 Å². The van der Waals surface area contributed by atoms with Crippen molar-refractivity contribution < 1.29 is 4.92 Å². The first-order valence-electron chi connectivity index (χ1n) is 6.33. The molecule has 2 heterocycles. The first kappa shape index (κ1) is 14.3. The predicted octanol–water partition coefficient (Wildman–Crippen LogP) is 3.88. The van der Waals surface area contributed by atoms with E-state index in [0.717, 1.165) is 0 Å². The van der Waals surface area contributed by atoms with Crippen LogP contribution in [0.1, 0.15) is 0 Å². The third kappa shape index (κ3) is 2.71. The molecule has 0 atom stereocenters. The van der Waals surface area contributed by atoms with E-state index in [4.69, 9.17) is 0 Å². The molecule has 0 radical (unpaired) electrons. The van der Waals surface area contributed by atoms with Gasteiger partial charge in [0.05, 0.1) is 16.2 Å². The van der Waals surface area contributed by atoms with Crippen molar-refractivity contribution in [2.24, 2.45) is 0 Å².